The molecule has 0 aromatic heterocycles. The third kappa shape index (κ3) is 5.03. The Morgan fingerprint density at radius 2 is 1.47 bits per heavy atom. The number of hydrogen-bond donors (Lipinski definition) is 1. The fourth-order valence-corrected chi connectivity index (χ4v) is 6.34. The normalized spacial score (nSPS) is 17.9. The number of nitrogens with zero attached hydrogens (tertiary/aromatic N) is 1. The van der Waals surface area contributed by atoms with Crippen molar-refractivity contribution in [3.63, 3.8) is 0 Å². The van der Waals surface area contributed by atoms with Crippen LogP contribution in [0.25, 0.3) is 0 Å². The van der Waals surface area contributed by atoms with E-state index in [9.17, 15) is 9.90 Å². The molecule has 3 rings (SSSR count). The first-order chi connectivity index (χ1) is 16.1. The van der Waals surface area contributed by atoms with Gasteiger partial charge in [-0.1, -0.05) is 84.0 Å². The molecule has 186 valence electrons. The first-order valence-electron chi connectivity index (χ1n) is 13.0. The fraction of sp³-hybridized carbons (Fsp3) is 0.567. The molecule has 1 aliphatic heterocycles. The molecule has 1 aliphatic rings. The van der Waals surface area contributed by atoms with Gasteiger partial charge in [0.05, 0.1) is 17.2 Å². The van der Waals surface area contributed by atoms with E-state index in [-0.39, 0.29) is 28.0 Å². The summed E-state index contributed by atoms with van der Waals surface area (Å²) in [6.07, 6.45) is 4.57. The molecule has 0 radical (unpaired) electrons. The Bertz CT molecular complexity index is 940. The number of phenols is 1. The zero-order chi connectivity index (χ0) is 25.1. The summed E-state index contributed by atoms with van der Waals surface area (Å²) < 4.78 is 0. The Kier molecular flexibility index (Phi) is 8.44. The van der Waals surface area contributed by atoms with Gasteiger partial charge in [-0.2, -0.15) is 0 Å². The van der Waals surface area contributed by atoms with E-state index in [0.717, 1.165) is 42.7 Å². The molecule has 2 aromatic rings. The molecule has 0 spiro atoms. The maximum absolute atomic E-state index is 13.4. The summed E-state index contributed by atoms with van der Waals surface area (Å²) in [5, 5.41) is 11.4. The standard InChI is InChI=1S/C30H43NO2S/c1-8-29(6,9-2)24-17-22(18-25(27(24)32)30(7,10-3)11-4)19-26-28(33)31(20-34-26)21(5)23-15-13-12-14-16-23/h12-18,21,26,32H,8-11,19-20H2,1-7H3. The number of carbonyl (C=O) groups is 1. The van der Waals surface area contributed by atoms with Crippen LogP contribution in [0.3, 0.4) is 0 Å². The highest BCUT2D eigenvalue weighted by atomic mass is 32.2. The third-order valence-corrected chi connectivity index (χ3v) is 9.93. The SMILES string of the molecule is CCC(C)(CC)c1cc(CC2SCN(C(C)c3ccccc3)C2=O)cc(C(C)(CC)CC)c1O. The maximum atomic E-state index is 13.4. The van der Waals surface area contributed by atoms with Crippen molar-refractivity contribution in [1.29, 1.82) is 0 Å². The van der Waals surface area contributed by atoms with Crippen LogP contribution >= 0.6 is 11.8 Å². The number of benzene rings is 2. The molecule has 4 heteroatoms. The van der Waals surface area contributed by atoms with Crippen molar-refractivity contribution in [1.82, 2.24) is 4.90 Å². The first kappa shape index (κ1) is 26.7. The van der Waals surface area contributed by atoms with Crippen LogP contribution in [0, 0.1) is 0 Å². The van der Waals surface area contributed by atoms with E-state index in [4.69, 9.17) is 0 Å². The number of rotatable bonds is 10. The van der Waals surface area contributed by atoms with Gasteiger partial charge in [-0.3, -0.25) is 4.79 Å². The highest BCUT2D eigenvalue weighted by Crippen LogP contribution is 2.46. The molecule has 1 amide bonds. The summed E-state index contributed by atoms with van der Waals surface area (Å²) in [5.74, 6) is 1.41. The summed E-state index contributed by atoms with van der Waals surface area (Å²) in [5.41, 5.74) is 4.26. The van der Waals surface area contributed by atoms with Crippen molar-refractivity contribution in [2.45, 2.75) is 103 Å². The summed E-state index contributed by atoms with van der Waals surface area (Å²) in [6, 6.07) is 14.7. The van der Waals surface area contributed by atoms with E-state index < -0.39 is 0 Å². The van der Waals surface area contributed by atoms with Crippen molar-refractivity contribution in [3.05, 3.63) is 64.7 Å². The van der Waals surface area contributed by atoms with Gasteiger partial charge in [0.2, 0.25) is 5.91 Å². The van der Waals surface area contributed by atoms with Gasteiger partial charge in [-0.15, -0.1) is 11.8 Å². The average molecular weight is 482 g/mol. The number of aromatic hydroxyl groups is 1. The van der Waals surface area contributed by atoms with E-state index >= 15 is 0 Å². The third-order valence-electron chi connectivity index (χ3n) is 8.74. The minimum absolute atomic E-state index is 0.0732. The zero-order valence-corrected chi connectivity index (χ0v) is 23.0. The quantitative estimate of drug-likeness (QED) is 0.377. The van der Waals surface area contributed by atoms with Crippen molar-refractivity contribution >= 4 is 17.7 Å². The van der Waals surface area contributed by atoms with Crippen molar-refractivity contribution < 1.29 is 9.90 Å². The van der Waals surface area contributed by atoms with Gasteiger partial charge in [0, 0.05) is 11.1 Å². The lowest BCUT2D eigenvalue weighted by molar-refractivity contribution is -0.130. The Hall–Kier alpha value is -1.94. The highest BCUT2D eigenvalue weighted by Gasteiger charge is 2.37. The first-order valence-corrected chi connectivity index (χ1v) is 14.0. The Morgan fingerprint density at radius 3 is 1.94 bits per heavy atom. The van der Waals surface area contributed by atoms with Crippen LogP contribution in [0.5, 0.6) is 5.75 Å². The molecule has 2 aromatic carbocycles. The van der Waals surface area contributed by atoms with Gasteiger partial charge >= 0.3 is 0 Å². The van der Waals surface area contributed by atoms with Crippen molar-refractivity contribution in [2.75, 3.05) is 5.88 Å². The van der Waals surface area contributed by atoms with Crippen molar-refractivity contribution in [2.24, 2.45) is 0 Å². The number of carbonyl (C=O) groups excluding carboxylic acids is 1. The molecule has 0 bridgehead atoms. The molecule has 1 heterocycles. The zero-order valence-electron chi connectivity index (χ0n) is 22.1. The number of amides is 1. The number of hydrogen-bond acceptors (Lipinski definition) is 3. The molecule has 0 aliphatic carbocycles. The van der Waals surface area contributed by atoms with Gasteiger partial charge in [0.1, 0.15) is 5.75 Å². The largest absolute Gasteiger partial charge is 0.507 e. The van der Waals surface area contributed by atoms with Crippen LogP contribution < -0.4 is 0 Å². The van der Waals surface area contributed by atoms with Gasteiger partial charge in [-0.25, -0.2) is 0 Å². The molecule has 0 saturated carbocycles. The van der Waals surface area contributed by atoms with Crippen LogP contribution in [0.15, 0.2) is 42.5 Å². The molecule has 2 unspecified atom stereocenters. The molecule has 34 heavy (non-hydrogen) atoms. The monoisotopic (exact) mass is 481 g/mol. The average Bonchev–Trinajstić information content (AvgIpc) is 3.23. The number of phenolic OH excluding ortho intramolecular Hbond substituents is 1. The van der Waals surface area contributed by atoms with Crippen molar-refractivity contribution in [3.8, 4) is 5.75 Å². The predicted molar refractivity (Wildman–Crippen MR) is 146 cm³/mol. The smallest absolute Gasteiger partial charge is 0.237 e. The molecule has 1 N–H and O–H groups in total. The Morgan fingerprint density at radius 1 is 0.971 bits per heavy atom. The van der Waals surface area contributed by atoms with Gasteiger partial charge < -0.3 is 10.0 Å². The molecule has 3 nitrogen and oxygen atoms in total. The van der Waals surface area contributed by atoms with Crippen LogP contribution in [0.4, 0.5) is 0 Å². The maximum Gasteiger partial charge on any atom is 0.237 e. The Balaban J connectivity index is 1.96. The van der Waals surface area contributed by atoms with Crippen LogP contribution in [-0.4, -0.2) is 27.0 Å². The van der Waals surface area contributed by atoms with E-state index in [2.05, 4.69) is 72.7 Å². The number of thioether (sulfide) groups is 1. The van der Waals surface area contributed by atoms with Gasteiger partial charge in [-0.05, 0) is 61.0 Å². The molecular weight excluding hydrogens is 438 g/mol. The lowest BCUT2D eigenvalue weighted by Crippen LogP contribution is -2.33. The van der Waals surface area contributed by atoms with E-state index in [1.165, 1.54) is 11.1 Å². The van der Waals surface area contributed by atoms with E-state index in [1.807, 2.05) is 23.1 Å². The second-order valence-corrected chi connectivity index (χ2v) is 11.6. The Labute approximate surface area is 211 Å². The summed E-state index contributed by atoms with van der Waals surface area (Å²) in [7, 11) is 0. The molecule has 2 atom stereocenters. The minimum Gasteiger partial charge on any atom is -0.507 e. The summed E-state index contributed by atoms with van der Waals surface area (Å²) in [6.45, 7) is 15.4. The molecular formula is C30H43NO2S. The molecule has 1 saturated heterocycles. The second-order valence-electron chi connectivity index (χ2n) is 10.5. The summed E-state index contributed by atoms with van der Waals surface area (Å²) in [4.78, 5) is 15.4. The lowest BCUT2D eigenvalue weighted by Gasteiger charge is -2.34. The van der Waals surface area contributed by atoms with E-state index in [0.29, 0.717) is 12.2 Å². The van der Waals surface area contributed by atoms with Gasteiger partial charge in [0.25, 0.3) is 0 Å². The van der Waals surface area contributed by atoms with E-state index in [1.54, 1.807) is 11.8 Å². The van der Waals surface area contributed by atoms with Crippen LogP contribution in [0.1, 0.15) is 102 Å². The predicted octanol–water partition coefficient (Wildman–Crippen LogP) is 7.75. The van der Waals surface area contributed by atoms with Crippen LogP contribution in [0.2, 0.25) is 0 Å². The second kappa shape index (κ2) is 10.8. The van der Waals surface area contributed by atoms with Crippen LogP contribution in [-0.2, 0) is 22.0 Å². The topological polar surface area (TPSA) is 40.5 Å². The van der Waals surface area contributed by atoms with Gasteiger partial charge in [0.15, 0.2) is 0 Å². The minimum atomic E-state index is -0.0854. The highest BCUT2D eigenvalue weighted by molar-refractivity contribution is 8.01. The lowest BCUT2D eigenvalue weighted by atomic mass is 9.71. The molecule has 1 fully saturated rings. The summed E-state index contributed by atoms with van der Waals surface area (Å²) >= 11 is 1.74. The fourth-order valence-electron chi connectivity index (χ4n) is 5.06.